The molecular formula is C20H26BrN3O5S. The average molecular weight is 500 g/mol. The van der Waals surface area contributed by atoms with E-state index >= 15 is 0 Å². The molecule has 0 saturated heterocycles. The Kier molecular flexibility index (Phi) is 8.48. The minimum atomic E-state index is -0.993. The molecule has 0 aliphatic heterocycles. The molecule has 0 aliphatic carbocycles. The first-order valence-electron chi connectivity index (χ1n) is 9.35. The quantitative estimate of drug-likeness (QED) is 0.355. The van der Waals surface area contributed by atoms with Crippen molar-refractivity contribution in [1.82, 2.24) is 9.88 Å². The zero-order valence-electron chi connectivity index (χ0n) is 17.6. The summed E-state index contributed by atoms with van der Waals surface area (Å²) in [6.07, 6.45) is 2.15. The Hall–Kier alpha value is -2.33. The first kappa shape index (κ1) is 23.9. The highest BCUT2D eigenvalue weighted by atomic mass is 79.9. The normalized spacial score (nSPS) is 12.6. The standard InChI is InChI=1S/C20H26BrN3O5S/c1-6-27-14-7-8-17(16(21)9-14)29-18-22-10-15(30-18)11-23-28-12-13(2)24(19(25)26)20(3,4)5/h7-11,13H,6,12H2,1-5H3,(H,25,26)/t13-/m0/s1. The molecule has 1 N–H and O–H groups in total. The summed E-state index contributed by atoms with van der Waals surface area (Å²) >= 11 is 4.77. The Morgan fingerprint density at radius 1 is 1.43 bits per heavy atom. The molecule has 0 fully saturated rings. The van der Waals surface area contributed by atoms with E-state index in [4.69, 9.17) is 14.3 Å². The topological polar surface area (TPSA) is 93.5 Å². The number of thiazole rings is 1. The fraction of sp³-hybridized carbons (Fsp3) is 0.450. The highest BCUT2D eigenvalue weighted by Crippen LogP contribution is 2.34. The highest BCUT2D eigenvalue weighted by molar-refractivity contribution is 9.10. The van der Waals surface area contributed by atoms with Gasteiger partial charge >= 0.3 is 6.09 Å². The maximum Gasteiger partial charge on any atom is 0.408 e. The molecule has 1 amide bonds. The lowest BCUT2D eigenvalue weighted by Crippen LogP contribution is -2.51. The van der Waals surface area contributed by atoms with Crippen molar-refractivity contribution in [1.29, 1.82) is 0 Å². The number of aromatic nitrogens is 1. The zero-order valence-corrected chi connectivity index (χ0v) is 20.0. The molecular weight excluding hydrogens is 474 g/mol. The van der Waals surface area contributed by atoms with E-state index in [9.17, 15) is 9.90 Å². The Bertz CT molecular complexity index is 882. The van der Waals surface area contributed by atoms with Gasteiger partial charge in [0.15, 0.2) is 0 Å². The second-order valence-corrected chi connectivity index (χ2v) is 9.24. The summed E-state index contributed by atoms with van der Waals surface area (Å²) in [5.74, 6) is 1.38. The van der Waals surface area contributed by atoms with Crippen LogP contribution in [-0.4, -0.2) is 52.1 Å². The van der Waals surface area contributed by atoms with Gasteiger partial charge in [-0.1, -0.05) is 16.5 Å². The number of halogens is 1. The monoisotopic (exact) mass is 499 g/mol. The van der Waals surface area contributed by atoms with E-state index < -0.39 is 11.6 Å². The van der Waals surface area contributed by atoms with Crippen LogP contribution in [-0.2, 0) is 4.84 Å². The van der Waals surface area contributed by atoms with Gasteiger partial charge in [0.25, 0.3) is 5.19 Å². The van der Waals surface area contributed by atoms with E-state index in [0.717, 1.165) is 15.1 Å². The van der Waals surface area contributed by atoms with Crippen molar-refractivity contribution < 1.29 is 24.2 Å². The molecule has 0 unspecified atom stereocenters. The number of hydrogen-bond acceptors (Lipinski definition) is 7. The third-order valence-electron chi connectivity index (χ3n) is 3.85. The van der Waals surface area contributed by atoms with Gasteiger partial charge in [-0.25, -0.2) is 9.78 Å². The molecule has 0 aliphatic rings. The Balaban J connectivity index is 1.91. The van der Waals surface area contributed by atoms with Crippen molar-refractivity contribution >= 4 is 39.6 Å². The summed E-state index contributed by atoms with van der Waals surface area (Å²) in [6.45, 7) is 9.94. The van der Waals surface area contributed by atoms with Gasteiger partial charge in [0.2, 0.25) is 0 Å². The summed E-state index contributed by atoms with van der Waals surface area (Å²) in [7, 11) is 0. The smallest absolute Gasteiger partial charge is 0.408 e. The van der Waals surface area contributed by atoms with Crippen molar-refractivity contribution in [3.8, 4) is 16.7 Å². The van der Waals surface area contributed by atoms with Crippen molar-refractivity contribution in [2.75, 3.05) is 13.2 Å². The number of carbonyl (C=O) groups is 1. The molecule has 30 heavy (non-hydrogen) atoms. The lowest BCUT2D eigenvalue weighted by molar-refractivity contribution is 0.0292. The molecule has 10 heteroatoms. The summed E-state index contributed by atoms with van der Waals surface area (Å²) in [5, 5.41) is 13.8. The fourth-order valence-electron chi connectivity index (χ4n) is 2.74. The second-order valence-electron chi connectivity index (χ2n) is 7.36. The van der Waals surface area contributed by atoms with Gasteiger partial charge in [0.05, 0.1) is 34.4 Å². The SMILES string of the molecule is CCOc1ccc(Oc2ncc(C=NOC[C@H](C)N(C(=O)O)C(C)(C)C)s2)c(Br)c1. The lowest BCUT2D eigenvalue weighted by Gasteiger charge is -2.37. The molecule has 0 saturated carbocycles. The van der Waals surface area contributed by atoms with Crippen LogP contribution in [0.25, 0.3) is 0 Å². The van der Waals surface area contributed by atoms with E-state index in [2.05, 4.69) is 26.1 Å². The van der Waals surface area contributed by atoms with E-state index in [0.29, 0.717) is 17.6 Å². The molecule has 1 aromatic heterocycles. The van der Waals surface area contributed by atoms with E-state index in [-0.39, 0.29) is 12.6 Å². The van der Waals surface area contributed by atoms with E-state index in [1.165, 1.54) is 22.5 Å². The summed E-state index contributed by atoms with van der Waals surface area (Å²) < 4.78 is 12.0. The van der Waals surface area contributed by atoms with Crippen LogP contribution in [0, 0.1) is 0 Å². The van der Waals surface area contributed by atoms with Crippen LogP contribution >= 0.6 is 27.3 Å². The molecule has 2 rings (SSSR count). The Morgan fingerprint density at radius 3 is 2.77 bits per heavy atom. The van der Waals surface area contributed by atoms with Crippen LogP contribution in [0.4, 0.5) is 4.79 Å². The van der Waals surface area contributed by atoms with Crippen LogP contribution in [0.15, 0.2) is 34.0 Å². The zero-order chi connectivity index (χ0) is 22.3. The molecule has 164 valence electrons. The van der Waals surface area contributed by atoms with Crippen LogP contribution in [0.5, 0.6) is 16.7 Å². The Labute approximate surface area is 188 Å². The maximum atomic E-state index is 11.5. The first-order valence-corrected chi connectivity index (χ1v) is 11.0. The predicted molar refractivity (Wildman–Crippen MR) is 120 cm³/mol. The van der Waals surface area contributed by atoms with Gasteiger partial charge in [-0.05, 0) is 68.7 Å². The molecule has 1 atom stereocenters. The van der Waals surface area contributed by atoms with Gasteiger partial charge in [-0.2, -0.15) is 0 Å². The largest absolute Gasteiger partial charge is 0.494 e. The van der Waals surface area contributed by atoms with E-state index in [1.807, 2.05) is 39.8 Å². The molecule has 0 bridgehead atoms. The number of ether oxygens (including phenoxy) is 2. The van der Waals surface area contributed by atoms with Crippen LogP contribution in [0.2, 0.25) is 0 Å². The third kappa shape index (κ3) is 6.88. The van der Waals surface area contributed by atoms with E-state index in [1.54, 1.807) is 19.2 Å². The number of benzene rings is 1. The molecule has 1 aromatic carbocycles. The number of carboxylic acid groups (broad SMARTS) is 1. The average Bonchev–Trinajstić information content (AvgIpc) is 3.07. The number of nitrogens with zero attached hydrogens (tertiary/aromatic N) is 3. The Morgan fingerprint density at radius 2 is 2.17 bits per heavy atom. The predicted octanol–water partition coefficient (Wildman–Crippen LogP) is 5.61. The number of hydrogen-bond donors (Lipinski definition) is 1. The fourth-order valence-corrected chi connectivity index (χ4v) is 3.82. The summed E-state index contributed by atoms with van der Waals surface area (Å²) in [6, 6.07) is 5.11. The van der Waals surface area contributed by atoms with Crippen molar-refractivity contribution in [3.63, 3.8) is 0 Å². The molecule has 0 spiro atoms. The molecule has 2 aromatic rings. The van der Waals surface area contributed by atoms with Gasteiger partial charge in [-0.15, -0.1) is 0 Å². The van der Waals surface area contributed by atoms with Gasteiger partial charge in [-0.3, -0.25) is 4.90 Å². The van der Waals surface area contributed by atoms with Crippen LogP contribution in [0.3, 0.4) is 0 Å². The van der Waals surface area contributed by atoms with Crippen LogP contribution in [0.1, 0.15) is 39.5 Å². The van der Waals surface area contributed by atoms with Gasteiger partial charge in [0.1, 0.15) is 18.1 Å². The van der Waals surface area contributed by atoms with Gasteiger partial charge in [0, 0.05) is 5.54 Å². The minimum Gasteiger partial charge on any atom is -0.494 e. The van der Waals surface area contributed by atoms with Crippen molar-refractivity contribution in [2.45, 2.75) is 46.2 Å². The molecule has 0 radical (unpaired) electrons. The van der Waals surface area contributed by atoms with Crippen molar-refractivity contribution in [2.24, 2.45) is 5.16 Å². The minimum absolute atomic E-state index is 0.140. The first-order chi connectivity index (χ1) is 14.1. The lowest BCUT2D eigenvalue weighted by atomic mass is 10.0. The molecule has 8 nitrogen and oxygen atoms in total. The summed E-state index contributed by atoms with van der Waals surface area (Å²) in [4.78, 5) is 23.1. The highest BCUT2D eigenvalue weighted by Gasteiger charge is 2.31. The van der Waals surface area contributed by atoms with Crippen LogP contribution < -0.4 is 9.47 Å². The van der Waals surface area contributed by atoms with Crippen molar-refractivity contribution in [3.05, 3.63) is 33.7 Å². The van der Waals surface area contributed by atoms with Gasteiger partial charge < -0.3 is 19.4 Å². The number of rotatable bonds is 9. The second kappa shape index (κ2) is 10.6. The summed E-state index contributed by atoms with van der Waals surface area (Å²) in [5.41, 5.74) is -0.530. The third-order valence-corrected chi connectivity index (χ3v) is 5.28. The number of amides is 1. The maximum absolute atomic E-state index is 11.5. The number of oxime groups is 1. The molecule has 1 heterocycles.